The van der Waals surface area contributed by atoms with E-state index < -0.39 is 8.07 Å². The van der Waals surface area contributed by atoms with Gasteiger partial charge in [0.2, 0.25) is 0 Å². The molecule has 0 N–H and O–H groups in total. The molecule has 0 aliphatic carbocycles. The van der Waals surface area contributed by atoms with Gasteiger partial charge < -0.3 is 0 Å². The zero-order chi connectivity index (χ0) is 19.3. The Morgan fingerprint density at radius 3 is 2.11 bits per heavy atom. The first-order chi connectivity index (χ1) is 13.1. The quantitative estimate of drug-likeness (QED) is 0.439. The Labute approximate surface area is 165 Å². The summed E-state index contributed by atoms with van der Waals surface area (Å²) < 4.78 is 0. The summed E-state index contributed by atoms with van der Waals surface area (Å²) in [6, 6.07) is 25.9. The number of aromatic nitrogens is 1. The summed E-state index contributed by atoms with van der Waals surface area (Å²) in [5.41, 5.74) is 6.37. The third-order valence-electron chi connectivity index (χ3n) is 6.29. The van der Waals surface area contributed by atoms with Gasteiger partial charge in [-0.1, -0.05) is 87.4 Å². The van der Waals surface area contributed by atoms with E-state index in [1.807, 2.05) is 0 Å². The van der Waals surface area contributed by atoms with Crippen molar-refractivity contribution in [2.24, 2.45) is 0 Å². The molecular formula is C25H31NSi. The molecule has 2 heteroatoms. The van der Waals surface area contributed by atoms with Gasteiger partial charge in [-0.05, 0) is 47.4 Å². The molecule has 0 saturated carbocycles. The lowest BCUT2D eigenvalue weighted by atomic mass is 9.97. The zero-order valence-electron chi connectivity index (χ0n) is 17.1. The van der Waals surface area contributed by atoms with E-state index in [-0.39, 0.29) is 0 Å². The molecule has 27 heavy (non-hydrogen) atoms. The lowest BCUT2D eigenvalue weighted by Gasteiger charge is -2.28. The minimum atomic E-state index is -1.35. The maximum Gasteiger partial charge on any atom is 0.0879 e. The van der Waals surface area contributed by atoms with Gasteiger partial charge in [0.25, 0.3) is 0 Å². The summed E-state index contributed by atoms with van der Waals surface area (Å²) in [6.07, 6.45) is 3.13. The standard InChI is InChI=1S/C25H31NSi/c1-5-27(6-2,7-3)24-15-16-25(26-19-24)22-14-13-20(4)23(18-22)17-21-11-9-8-10-12-21/h8-16,18-19H,5-7,17H2,1-4H3. The van der Waals surface area contributed by atoms with Gasteiger partial charge in [0, 0.05) is 11.8 Å². The maximum absolute atomic E-state index is 4.87. The van der Waals surface area contributed by atoms with Crippen molar-refractivity contribution in [1.29, 1.82) is 0 Å². The highest BCUT2D eigenvalue weighted by atomic mass is 28.3. The topological polar surface area (TPSA) is 12.9 Å². The Morgan fingerprint density at radius 1 is 0.815 bits per heavy atom. The van der Waals surface area contributed by atoms with Gasteiger partial charge in [0.15, 0.2) is 0 Å². The fourth-order valence-corrected chi connectivity index (χ4v) is 7.58. The van der Waals surface area contributed by atoms with Crippen LogP contribution in [0.4, 0.5) is 0 Å². The van der Waals surface area contributed by atoms with Gasteiger partial charge in [0.1, 0.15) is 0 Å². The third-order valence-corrected chi connectivity index (χ3v) is 11.9. The first-order valence-corrected chi connectivity index (χ1v) is 12.8. The predicted octanol–water partition coefficient (Wildman–Crippen LogP) is 6.36. The number of hydrogen-bond acceptors (Lipinski definition) is 1. The first kappa shape index (κ1) is 19.6. The molecule has 1 nitrogen and oxygen atoms in total. The van der Waals surface area contributed by atoms with Crippen molar-refractivity contribution in [3.8, 4) is 11.3 Å². The smallest absolute Gasteiger partial charge is 0.0879 e. The van der Waals surface area contributed by atoms with Gasteiger partial charge in [-0.25, -0.2) is 0 Å². The molecular weight excluding hydrogens is 342 g/mol. The van der Waals surface area contributed by atoms with Gasteiger partial charge >= 0.3 is 0 Å². The molecule has 0 unspecified atom stereocenters. The van der Waals surface area contributed by atoms with Crippen molar-refractivity contribution in [3.05, 3.63) is 83.6 Å². The van der Waals surface area contributed by atoms with Crippen LogP contribution in [0.3, 0.4) is 0 Å². The number of hydrogen-bond donors (Lipinski definition) is 0. The predicted molar refractivity (Wildman–Crippen MR) is 120 cm³/mol. The summed E-state index contributed by atoms with van der Waals surface area (Å²) in [4.78, 5) is 4.87. The van der Waals surface area contributed by atoms with E-state index in [0.29, 0.717) is 0 Å². The van der Waals surface area contributed by atoms with Crippen molar-refractivity contribution in [2.75, 3.05) is 0 Å². The number of rotatable bonds is 7. The zero-order valence-corrected chi connectivity index (χ0v) is 18.1. The van der Waals surface area contributed by atoms with Crippen molar-refractivity contribution in [2.45, 2.75) is 52.2 Å². The molecule has 0 amide bonds. The van der Waals surface area contributed by atoms with E-state index in [1.165, 1.54) is 45.6 Å². The largest absolute Gasteiger partial charge is 0.256 e. The summed E-state index contributed by atoms with van der Waals surface area (Å²) in [7, 11) is -1.35. The number of pyridine rings is 1. The molecule has 1 heterocycles. The average molecular weight is 374 g/mol. The fraction of sp³-hybridized carbons (Fsp3) is 0.320. The van der Waals surface area contributed by atoms with Gasteiger partial charge in [-0.2, -0.15) is 0 Å². The maximum atomic E-state index is 4.87. The van der Waals surface area contributed by atoms with Crippen LogP contribution < -0.4 is 5.19 Å². The van der Waals surface area contributed by atoms with Crippen LogP contribution in [-0.4, -0.2) is 13.1 Å². The molecule has 0 fully saturated rings. The Hall–Kier alpha value is -2.19. The Kier molecular flexibility index (Phi) is 6.28. The van der Waals surface area contributed by atoms with Crippen molar-refractivity contribution < 1.29 is 0 Å². The second-order valence-electron chi connectivity index (χ2n) is 7.58. The second-order valence-corrected chi connectivity index (χ2v) is 12.8. The highest BCUT2D eigenvalue weighted by molar-refractivity contribution is 6.91. The first-order valence-electron chi connectivity index (χ1n) is 10.2. The van der Waals surface area contributed by atoms with Crippen LogP contribution in [0.5, 0.6) is 0 Å². The Balaban J connectivity index is 1.89. The van der Waals surface area contributed by atoms with E-state index in [9.17, 15) is 0 Å². The van der Waals surface area contributed by atoms with Crippen LogP contribution in [0.15, 0.2) is 66.9 Å². The van der Waals surface area contributed by atoms with Crippen molar-refractivity contribution in [1.82, 2.24) is 4.98 Å². The number of nitrogens with zero attached hydrogens (tertiary/aromatic N) is 1. The molecule has 0 aliphatic heterocycles. The van der Waals surface area contributed by atoms with E-state index in [4.69, 9.17) is 4.98 Å². The van der Waals surface area contributed by atoms with Gasteiger partial charge in [-0.15, -0.1) is 0 Å². The minimum absolute atomic E-state index is 0.968. The molecule has 0 radical (unpaired) electrons. The van der Waals surface area contributed by atoms with Crippen LogP contribution in [-0.2, 0) is 6.42 Å². The van der Waals surface area contributed by atoms with E-state index >= 15 is 0 Å². The molecule has 3 aromatic rings. The summed E-state index contributed by atoms with van der Waals surface area (Å²) in [6.45, 7) is 9.25. The summed E-state index contributed by atoms with van der Waals surface area (Å²) in [5, 5.41) is 1.51. The Bertz CT molecular complexity index is 856. The molecule has 0 saturated heterocycles. The molecule has 0 bridgehead atoms. The summed E-state index contributed by atoms with van der Waals surface area (Å²) in [5.74, 6) is 0. The molecule has 140 valence electrons. The lowest BCUT2D eigenvalue weighted by molar-refractivity contribution is 1.15. The molecule has 0 spiro atoms. The van der Waals surface area contributed by atoms with Crippen LogP contribution in [0.1, 0.15) is 37.5 Å². The SMILES string of the molecule is CC[Si](CC)(CC)c1ccc(-c2ccc(C)c(Cc3ccccc3)c2)nc1. The van der Waals surface area contributed by atoms with Crippen LogP contribution in [0, 0.1) is 6.92 Å². The number of benzene rings is 2. The normalized spacial score (nSPS) is 11.6. The highest BCUT2D eigenvalue weighted by Crippen LogP contribution is 2.24. The third kappa shape index (κ3) is 4.22. The number of aryl methyl sites for hydroxylation is 1. The van der Waals surface area contributed by atoms with Crippen molar-refractivity contribution >= 4 is 13.3 Å². The van der Waals surface area contributed by atoms with Gasteiger partial charge in [0.05, 0.1) is 13.8 Å². The highest BCUT2D eigenvalue weighted by Gasteiger charge is 2.29. The fourth-order valence-electron chi connectivity index (χ4n) is 4.08. The molecule has 0 aliphatic rings. The van der Waals surface area contributed by atoms with Crippen molar-refractivity contribution in [3.63, 3.8) is 0 Å². The van der Waals surface area contributed by atoms with E-state index in [0.717, 1.165) is 12.1 Å². The van der Waals surface area contributed by atoms with Gasteiger partial charge in [-0.3, -0.25) is 4.98 Å². The summed E-state index contributed by atoms with van der Waals surface area (Å²) >= 11 is 0. The molecule has 3 rings (SSSR count). The Morgan fingerprint density at radius 2 is 1.52 bits per heavy atom. The molecule has 2 aromatic carbocycles. The molecule has 1 aromatic heterocycles. The average Bonchev–Trinajstić information content (AvgIpc) is 2.73. The lowest BCUT2D eigenvalue weighted by Crippen LogP contribution is -2.45. The monoisotopic (exact) mass is 373 g/mol. The second kappa shape index (κ2) is 8.66. The van der Waals surface area contributed by atoms with Crippen LogP contribution in [0.2, 0.25) is 18.1 Å². The minimum Gasteiger partial charge on any atom is -0.256 e. The van der Waals surface area contributed by atoms with Crippen LogP contribution >= 0.6 is 0 Å². The molecule has 0 atom stereocenters. The van der Waals surface area contributed by atoms with Crippen LogP contribution in [0.25, 0.3) is 11.3 Å². The van der Waals surface area contributed by atoms with E-state index in [2.05, 4.69) is 94.6 Å². The van der Waals surface area contributed by atoms with E-state index in [1.54, 1.807) is 0 Å².